The molecule has 1 saturated carbocycles. The normalized spacial score (nSPS) is 18.3. The summed E-state index contributed by atoms with van der Waals surface area (Å²) in [5, 5.41) is 10.9. The maximum Gasteiger partial charge on any atom is 0.252 e. The van der Waals surface area contributed by atoms with Crippen LogP contribution in [0.2, 0.25) is 0 Å². The average Bonchev–Trinajstić information content (AvgIpc) is 3.32. The molecule has 1 amide bonds. The van der Waals surface area contributed by atoms with Gasteiger partial charge in [-0.2, -0.15) is 9.78 Å². The summed E-state index contributed by atoms with van der Waals surface area (Å²) in [6.45, 7) is 6.00. The van der Waals surface area contributed by atoms with Gasteiger partial charge in [0.1, 0.15) is 5.82 Å². The van der Waals surface area contributed by atoms with Crippen molar-refractivity contribution in [2.75, 3.05) is 11.9 Å². The van der Waals surface area contributed by atoms with Gasteiger partial charge in [-0.1, -0.05) is 36.8 Å². The maximum absolute atomic E-state index is 12.7. The quantitative estimate of drug-likeness (QED) is 0.613. The van der Waals surface area contributed by atoms with E-state index >= 15 is 0 Å². The van der Waals surface area contributed by atoms with Gasteiger partial charge < -0.3 is 10.6 Å². The van der Waals surface area contributed by atoms with E-state index in [9.17, 15) is 4.79 Å². The molecule has 2 aromatic heterocycles. The van der Waals surface area contributed by atoms with E-state index in [0.29, 0.717) is 23.7 Å². The fourth-order valence-corrected chi connectivity index (χ4v) is 4.42. The van der Waals surface area contributed by atoms with Crippen LogP contribution in [0.15, 0.2) is 42.5 Å². The van der Waals surface area contributed by atoms with E-state index in [1.807, 2.05) is 39.0 Å². The zero-order chi connectivity index (χ0) is 21.8. The minimum atomic E-state index is -0.0871. The number of carbonyl (C=O) groups excluding carboxylic acids is 1. The molecule has 1 fully saturated rings. The molecule has 4 rings (SSSR count). The molecule has 2 N–H and O–H groups in total. The summed E-state index contributed by atoms with van der Waals surface area (Å²) in [5.41, 5.74) is 3.88. The van der Waals surface area contributed by atoms with Gasteiger partial charge >= 0.3 is 0 Å². The van der Waals surface area contributed by atoms with Crippen LogP contribution in [0.25, 0.3) is 5.95 Å². The van der Waals surface area contributed by atoms with Crippen molar-refractivity contribution in [2.45, 2.75) is 52.5 Å². The van der Waals surface area contributed by atoms with Crippen molar-refractivity contribution in [2.24, 2.45) is 5.92 Å². The van der Waals surface area contributed by atoms with Gasteiger partial charge in [0.05, 0.1) is 12.2 Å². The van der Waals surface area contributed by atoms with E-state index in [-0.39, 0.29) is 12.5 Å². The van der Waals surface area contributed by atoms with Gasteiger partial charge in [-0.05, 0) is 57.6 Å². The van der Waals surface area contributed by atoms with Crippen LogP contribution in [-0.4, -0.2) is 38.2 Å². The van der Waals surface area contributed by atoms with Gasteiger partial charge in [0.2, 0.25) is 5.91 Å². The fourth-order valence-electron chi connectivity index (χ4n) is 4.42. The molecular formula is C24H30N6O. The van der Waals surface area contributed by atoms with Crippen molar-refractivity contribution in [3.63, 3.8) is 0 Å². The predicted molar refractivity (Wildman–Crippen MR) is 121 cm³/mol. The molecule has 162 valence electrons. The third-order valence-electron chi connectivity index (χ3n) is 5.78. The third-order valence-corrected chi connectivity index (χ3v) is 5.78. The molecule has 0 radical (unpaired) electrons. The number of benzene rings is 1. The van der Waals surface area contributed by atoms with E-state index in [1.54, 1.807) is 4.68 Å². The van der Waals surface area contributed by atoms with Crippen LogP contribution in [0, 0.1) is 26.7 Å². The van der Waals surface area contributed by atoms with E-state index in [1.165, 1.54) is 18.4 Å². The monoisotopic (exact) mass is 418 g/mol. The smallest absolute Gasteiger partial charge is 0.252 e. The Balaban J connectivity index is 1.38. The number of hydrogen-bond donors (Lipinski definition) is 2. The Labute approximate surface area is 183 Å². The lowest BCUT2D eigenvalue weighted by atomic mass is 9.94. The molecule has 31 heavy (non-hydrogen) atoms. The minimum absolute atomic E-state index is 0.0871. The van der Waals surface area contributed by atoms with Crippen LogP contribution in [-0.2, 0) is 11.2 Å². The third kappa shape index (κ3) is 5.35. The molecule has 7 nitrogen and oxygen atoms in total. The zero-order valence-electron chi connectivity index (χ0n) is 18.4. The standard InChI is InChI=1S/C24H30N6O/c1-16-12-17(2)27-24(26-16)30-22(13-18(3)29-30)28-23(31)15-25-21-11-7-10-20(21)14-19-8-5-4-6-9-19/h4-6,8-9,12-13,20-21,25H,7,10-11,14-15H2,1-3H3,(H,28,31)/t20-,21+/m1/s1. The van der Waals surface area contributed by atoms with Gasteiger partial charge in [-0.15, -0.1) is 0 Å². The first-order valence-corrected chi connectivity index (χ1v) is 10.9. The van der Waals surface area contributed by atoms with Crippen molar-refractivity contribution in [1.29, 1.82) is 0 Å². The average molecular weight is 419 g/mol. The molecule has 0 unspecified atom stereocenters. The second-order valence-corrected chi connectivity index (χ2v) is 8.45. The number of anilines is 1. The van der Waals surface area contributed by atoms with Crippen LogP contribution in [0.3, 0.4) is 0 Å². The Morgan fingerprint density at radius 2 is 1.77 bits per heavy atom. The van der Waals surface area contributed by atoms with Crippen molar-refractivity contribution < 1.29 is 4.79 Å². The van der Waals surface area contributed by atoms with Gasteiger partial charge in [0, 0.05) is 23.5 Å². The molecule has 1 aromatic carbocycles. The van der Waals surface area contributed by atoms with Crippen molar-refractivity contribution >= 4 is 11.7 Å². The summed E-state index contributed by atoms with van der Waals surface area (Å²) >= 11 is 0. The summed E-state index contributed by atoms with van der Waals surface area (Å²) < 4.78 is 1.60. The number of aromatic nitrogens is 4. The van der Waals surface area contributed by atoms with Gasteiger partial charge in [0.25, 0.3) is 5.95 Å². The maximum atomic E-state index is 12.7. The molecule has 1 aliphatic carbocycles. The Morgan fingerprint density at radius 1 is 1.03 bits per heavy atom. The van der Waals surface area contributed by atoms with Crippen LogP contribution in [0.1, 0.15) is 41.9 Å². The molecule has 1 aliphatic rings. The van der Waals surface area contributed by atoms with Crippen LogP contribution in [0.5, 0.6) is 0 Å². The molecule has 2 heterocycles. The molecule has 0 saturated heterocycles. The number of aryl methyl sites for hydroxylation is 3. The van der Waals surface area contributed by atoms with Gasteiger partial charge in [-0.3, -0.25) is 4.79 Å². The number of carbonyl (C=O) groups is 1. The number of rotatable bonds is 7. The van der Waals surface area contributed by atoms with E-state index in [4.69, 9.17) is 0 Å². The van der Waals surface area contributed by atoms with E-state index < -0.39 is 0 Å². The lowest BCUT2D eigenvalue weighted by Crippen LogP contribution is -2.39. The molecule has 2 atom stereocenters. The Hall–Kier alpha value is -3.06. The van der Waals surface area contributed by atoms with E-state index in [2.05, 4.69) is 50.0 Å². The molecule has 0 aliphatic heterocycles. The second kappa shape index (κ2) is 9.39. The highest BCUT2D eigenvalue weighted by atomic mass is 16.2. The number of hydrogen-bond acceptors (Lipinski definition) is 5. The number of nitrogens with one attached hydrogen (secondary N) is 2. The first-order valence-electron chi connectivity index (χ1n) is 10.9. The van der Waals surface area contributed by atoms with Gasteiger partial charge in [-0.25, -0.2) is 9.97 Å². The summed E-state index contributed by atoms with van der Waals surface area (Å²) in [7, 11) is 0. The summed E-state index contributed by atoms with van der Waals surface area (Å²) in [6, 6.07) is 14.7. The fraction of sp³-hybridized carbons (Fsp3) is 0.417. The summed E-state index contributed by atoms with van der Waals surface area (Å²) in [5.74, 6) is 1.52. The first-order chi connectivity index (χ1) is 15.0. The van der Waals surface area contributed by atoms with Crippen molar-refractivity contribution in [1.82, 2.24) is 25.1 Å². The lowest BCUT2D eigenvalue weighted by Gasteiger charge is -2.21. The Kier molecular flexibility index (Phi) is 6.42. The summed E-state index contributed by atoms with van der Waals surface area (Å²) in [6.07, 6.45) is 4.56. The van der Waals surface area contributed by atoms with Crippen molar-refractivity contribution in [3.05, 3.63) is 65.1 Å². The van der Waals surface area contributed by atoms with Crippen molar-refractivity contribution in [3.8, 4) is 5.95 Å². The van der Waals surface area contributed by atoms with Crippen LogP contribution >= 0.6 is 0 Å². The Morgan fingerprint density at radius 3 is 2.52 bits per heavy atom. The molecule has 0 bridgehead atoms. The second-order valence-electron chi connectivity index (χ2n) is 8.45. The highest BCUT2D eigenvalue weighted by Gasteiger charge is 2.27. The van der Waals surface area contributed by atoms with Crippen LogP contribution < -0.4 is 10.6 Å². The SMILES string of the molecule is Cc1cc(C)nc(-n2nc(C)cc2NC(=O)CN[C@H]2CCC[C@@H]2Cc2ccccc2)n1. The Bertz CT molecular complexity index is 1030. The first kappa shape index (κ1) is 21.2. The number of amides is 1. The lowest BCUT2D eigenvalue weighted by molar-refractivity contribution is -0.115. The molecular weight excluding hydrogens is 388 g/mol. The molecule has 7 heteroatoms. The topological polar surface area (TPSA) is 84.7 Å². The molecule has 3 aromatic rings. The number of nitrogens with zero attached hydrogens (tertiary/aromatic N) is 4. The van der Waals surface area contributed by atoms with E-state index in [0.717, 1.165) is 29.9 Å². The highest BCUT2D eigenvalue weighted by Crippen LogP contribution is 2.28. The minimum Gasteiger partial charge on any atom is -0.309 e. The predicted octanol–water partition coefficient (Wildman–Crippen LogP) is 3.53. The highest BCUT2D eigenvalue weighted by molar-refractivity contribution is 5.91. The van der Waals surface area contributed by atoms with Crippen LogP contribution in [0.4, 0.5) is 5.82 Å². The largest absolute Gasteiger partial charge is 0.309 e. The van der Waals surface area contributed by atoms with Gasteiger partial charge in [0.15, 0.2) is 0 Å². The molecule has 0 spiro atoms. The zero-order valence-corrected chi connectivity index (χ0v) is 18.4. The summed E-state index contributed by atoms with van der Waals surface area (Å²) in [4.78, 5) is 21.6.